The minimum atomic E-state index is -1.02. The number of carboxylic acid groups (broad SMARTS) is 1. The quantitative estimate of drug-likeness (QED) is 0.602. The number of nitro groups is 1. The molecule has 1 atom stereocenters. The van der Waals surface area contributed by atoms with Crippen LogP contribution < -0.4 is 5.32 Å². The van der Waals surface area contributed by atoms with E-state index in [1.54, 1.807) is 6.92 Å². The highest BCUT2D eigenvalue weighted by atomic mass is 19.1. The lowest BCUT2D eigenvalue weighted by Gasteiger charge is -2.16. The summed E-state index contributed by atoms with van der Waals surface area (Å²) in [6, 6.07) is 2.54. The molecule has 0 bridgehead atoms. The third-order valence-electron chi connectivity index (χ3n) is 2.43. The van der Waals surface area contributed by atoms with E-state index >= 15 is 0 Å². The highest BCUT2D eigenvalue weighted by Crippen LogP contribution is 2.26. The summed E-state index contributed by atoms with van der Waals surface area (Å²) < 4.78 is 13.0. The molecule has 0 amide bonds. The molecule has 7 heteroatoms. The lowest BCUT2D eigenvalue weighted by molar-refractivity contribution is -0.384. The number of nitrogens with zero attached hydrogens (tertiary/aromatic N) is 1. The Morgan fingerprint density at radius 3 is 2.78 bits per heavy atom. The number of hydrogen-bond donors (Lipinski definition) is 2. The van der Waals surface area contributed by atoms with Crippen LogP contribution >= 0.6 is 0 Å². The van der Waals surface area contributed by atoms with Gasteiger partial charge in [0.2, 0.25) is 0 Å². The summed E-state index contributed by atoms with van der Waals surface area (Å²) in [5.41, 5.74) is -0.284. The number of anilines is 1. The van der Waals surface area contributed by atoms with Crippen molar-refractivity contribution in [2.45, 2.75) is 25.8 Å². The SMILES string of the molecule is CCC(CC(=O)O)Nc1cc(F)ccc1[N+](=O)[O-]. The molecule has 1 aromatic rings. The zero-order chi connectivity index (χ0) is 13.7. The van der Waals surface area contributed by atoms with Gasteiger partial charge in [-0.05, 0) is 12.5 Å². The second kappa shape index (κ2) is 5.95. The van der Waals surface area contributed by atoms with Gasteiger partial charge in [-0.15, -0.1) is 0 Å². The Morgan fingerprint density at radius 1 is 1.61 bits per heavy atom. The van der Waals surface area contributed by atoms with Crippen LogP contribution in [0.2, 0.25) is 0 Å². The molecule has 2 N–H and O–H groups in total. The third kappa shape index (κ3) is 3.69. The summed E-state index contributed by atoms with van der Waals surface area (Å²) in [4.78, 5) is 20.7. The second-order valence-corrected chi connectivity index (χ2v) is 3.77. The first-order valence-corrected chi connectivity index (χ1v) is 5.36. The molecule has 0 fully saturated rings. The van der Waals surface area contributed by atoms with Gasteiger partial charge < -0.3 is 10.4 Å². The van der Waals surface area contributed by atoms with E-state index in [0.29, 0.717) is 6.42 Å². The van der Waals surface area contributed by atoms with Crippen LogP contribution in [0.5, 0.6) is 0 Å². The molecule has 98 valence electrons. The van der Waals surface area contributed by atoms with E-state index in [1.165, 1.54) is 0 Å². The first-order valence-electron chi connectivity index (χ1n) is 5.36. The molecule has 0 heterocycles. The Balaban J connectivity index is 2.96. The van der Waals surface area contributed by atoms with Crippen LogP contribution in [0.4, 0.5) is 15.8 Å². The standard InChI is InChI=1S/C11H13FN2O4/c1-2-8(6-11(15)16)13-9-5-7(12)3-4-10(9)14(17)18/h3-5,8,13H,2,6H2,1H3,(H,15,16). The van der Waals surface area contributed by atoms with E-state index in [9.17, 15) is 19.3 Å². The number of carboxylic acids is 1. The van der Waals surface area contributed by atoms with Crippen molar-refractivity contribution in [3.8, 4) is 0 Å². The van der Waals surface area contributed by atoms with Crippen LogP contribution in [0, 0.1) is 15.9 Å². The largest absolute Gasteiger partial charge is 0.481 e. The Bertz CT molecular complexity index is 464. The smallest absolute Gasteiger partial charge is 0.305 e. The topological polar surface area (TPSA) is 92.5 Å². The van der Waals surface area contributed by atoms with Gasteiger partial charge >= 0.3 is 5.97 Å². The van der Waals surface area contributed by atoms with Gasteiger partial charge in [0.05, 0.1) is 11.3 Å². The van der Waals surface area contributed by atoms with Gasteiger partial charge in [-0.2, -0.15) is 0 Å². The van der Waals surface area contributed by atoms with Gasteiger partial charge in [0, 0.05) is 18.2 Å². The Morgan fingerprint density at radius 2 is 2.28 bits per heavy atom. The lowest BCUT2D eigenvalue weighted by atomic mass is 10.1. The Labute approximate surface area is 103 Å². The van der Waals surface area contributed by atoms with Crippen molar-refractivity contribution in [2.24, 2.45) is 0 Å². The van der Waals surface area contributed by atoms with Crippen LogP contribution in [0.25, 0.3) is 0 Å². The normalized spacial score (nSPS) is 11.9. The zero-order valence-electron chi connectivity index (χ0n) is 9.72. The molecule has 0 aliphatic heterocycles. The van der Waals surface area contributed by atoms with Crippen molar-refractivity contribution < 1.29 is 19.2 Å². The molecule has 1 aromatic carbocycles. The predicted octanol–water partition coefficient (Wildman–Crippen LogP) is 2.40. The highest BCUT2D eigenvalue weighted by molar-refractivity contribution is 5.69. The van der Waals surface area contributed by atoms with Crippen LogP contribution in [-0.2, 0) is 4.79 Å². The molecule has 18 heavy (non-hydrogen) atoms. The molecule has 0 radical (unpaired) electrons. The highest BCUT2D eigenvalue weighted by Gasteiger charge is 2.18. The number of aliphatic carboxylic acids is 1. The van der Waals surface area contributed by atoms with E-state index in [-0.39, 0.29) is 17.8 Å². The molecule has 0 spiro atoms. The van der Waals surface area contributed by atoms with Gasteiger partial charge in [-0.1, -0.05) is 6.92 Å². The van der Waals surface area contributed by atoms with Crippen molar-refractivity contribution >= 4 is 17.3 Å². The first-order chi connectivity index (χ1) is 8.43. The summed E-state index contributed by atoms with van der Waals surface area (Å²) in [6.07, 6.45) is 0.268. The van der Waals surface area contributed by atoms with E-state index in [2.05, 4.69) is 5.32 Å². The summed E-state index contributed by atoms with van der Waals surface area (Å²) >= 11 is 0. The zero-order valence-corrected chi connectivity index (χ0v) is 9.72. The van der Waals surface area contributed by atoms with E-state index < -0.39 is 22.8 Å². The van der Waals surface area contributed by atoms with Crippen molar-refractivity contribution in [3.63, 3.8) is 0 Å². The summed E-state index contributed by atoms with van der Waals surface area (Å²) in [5, 5.41) is 22.1. The monoisotopic (exact) mass is 256 g/mol. The number of nitro benzene ring substituents is 1. The van der Waals surface area contributed by atoms with Gasteiger partial charge in [0.25, 0.3) is 5.69 Å². The van der Waals surface area contributed by atoms with E-state index in [1.807, 2.05) is 0 Å². The third-order valence-corrected chi connectivity index (χ3v) is 2.43. The van der Waals surface area contributed by atoms with Crippen molar-refractivity contribution in [1.82, 2.24) is 0 Å². The number of rotatable bonds is 6. The van der Waals surface area contributed by atoms with Crippen LogP contribution in [0.1, 0.15) is 19.8 Å². The summed E-state index contributed by atoms with van der Waals surface area (Å²) in [6.45, 7) is 1.74. The Hall–Kier alpha value is -2.18. The summed E-state index contributed by atoms with van der Waals surface area (Å²) in [7, 11) is 0. The Kier molecular flexibility index (Phi) is 4.59. The molecular formula is C11H13FN2O4. The fourth-order valence-electron chi connectivity index (χ4n) is 1.51. The molecule has 0 saturated carbocycles. The maximum Gasteiger partial charge on any atom is 0.305 e. The molecular weight excluding hydrogens is 243 g/mol. The molecule has 0 aliphatic rings. The number of benzene rings is 1. The minimum Gasteiger partial charge on any atom is -0.481 e. The lowest BCUT2D eigenvalue weighted by Crippen LogP contribution is -2.22. The van der Waals surface area contributed by atoms with Crippen molar-refractivity contribution in [3.05, 3.63) is 34.1 Å². The van der Waals surface area contributed by atoms with E-state index in [4.69, 9.17) is 5.11 Å². The number of halogens is 1. The predicted molar refractivity (Wildman–Crippen MR) is 63.0 cm³/mol. The van der Waals surface area contributed by atoms with Crippen molar-refractivity contribution in [1.29, 1.82) is 0 Å². The van der Waals surface area contributed by atoms with Gasteiger partial charge in [0.1, 0.15) is 11.5 Å². The van der Waals surface area contributed by atoms with Gasteiger partial charge in [-0.3, -0.25) is 14.9 Å². The molecule has 0 saturated heterocycles. The maximum absolute atomic E-state index is 13.0. The average Bonchev–Trinajstić information content (AvgIpc) is 2.27. The van der Waals surface area contributed by atoms with Crippen LogP contribution in [0.15, 0.2) is 18.2 Å². The number of carbonyl (C=O) groups is 1. The molecule has 0 aromatic heterocycles. The molecule has 6 nitrogen and oxygen atoms in total. The summed E-state index contributed by atoms with van der Waals surface area (Å²) in [5.74, 6) is -1.64. The molecule has 1 unspecified atom stereocenters. The van der Waals surface area contributed by atoms with Gasteiger partial charge in [0.15, 0.2) is 0 Å². The molecule has 0 aliphatic carbocycles. The van der Waals surface area contributed by atoms with Crippen LogP contribution in [0.3, 0.4) is 0 Å². The maximum atomic E-state index is 13.0. The molecule has 1 rings (SSSR count). The average molecular weight is 256 g/mol. The number of hydrogen-bond acceptors (Lipinski definition) is 4. The van der Waals surface area contributed by atoms with Crippen LogP contribution in [-0.4, -0.2) is 22.0 Å². The van der Waals surface area contributed by atoms with E-state index in [0.717, 1.165) is 18.2 Å². The fraction of sp³-hybridized carbons (Fsp3) is 0.364. The number of nitrogens with one attached hydrogen (secondary N) is 1. The second-order valence-electron chi connectivity index (χ2n) is 3.77. The fourth-order valence-corrected chi connectivity index (χ4v) is 1.51. The van der Waals surface area contributed by atoms with Gasteiger partial charge in [-0.25, -0.2) is 4.39 Å². The van der Waals surface area contributed by atoms with Crippen molar-refractivity contribution in [2.75, 3.05) is 5.32 Å². The first kappa shape index (κ1) is 13.9. The minimum absolute atomic E-state index is 0.00639.